The summed E-state index contributed by atoms with van der Waals surface area (Å²) in [5, 5.41) is 2.68. The second kappa shape index (κ2) is 6.59. The Labute approximate surface area is 128 Å². The molecule has 0 saturated heterocycles. The van der Waals surface area contributed by atoms with E-state index in [1.165, 1.54) is 0 Å². The quantitative estimate of drug-likeness (QED) is 0.681. The number of fused-ring (bicyclic) bond motifs is 1. The van der Waals surface area contributed by atoms with E-state index in [2.05, 4.69) is 22.1 Å². The van der Waals surface area contributed by atoms with Crippen molar-refractivity contribution in [2.45, 2.75) is 32.8 Å². The molecule has 2 aromatic rings. The van der Waals surface area contributed by atoms with Gasteiger partial charge in [0.25, 0.3) is 0 Å². The molecule has 0 fully saturated rings. The molecule has 5 heteroatoms. The van der Waals surface area contributed by atoms with Crippen LogP contribution < -0.4 is 5.32 Å². The van der Waals surface area contributed by atoms with Gasteiger partial charge in [-0.3, -0.25) is 0 Å². The predicted molar refractivity (Wildman–Crippen MR) is 85.4 cm³/mol. The van der Waals surface area contributed by atoms with Crippen molar-refractivity contribution in [3.05, 3.63) is 29.3 Å². The minimum atomic E-state index is -0.472. The average Bonchev–Trinajstić information content (AvgIpc) is 2.83. The molecule has 1 amide bonds. The van der Waals surface area contributed by atoms with E-state index in [1.54, 1.807) is 11.3 Å². The van der Waals surface area contributed by atoms with Crippen LogP contribution in [0.3, 0.4) is 0 Å². The number of nitrogens with zero attached hydrogens (tertiary/aromatic N) is 1. The standard InChI is InChI=1S/C16H18N2O2S/c1-16(2,3)20-15(19)17-9-5-4-6-12-7-8-13-14(10-12)21-11-18-13/h7-8,10-11H,5,9H2,1-3H3,(H,17,19). The number of nitrogens with one attached hydrogen (secondary N) is 1. The van der Waals surface area contributed by atoms with Gasteiger partial charge in [0.1, 0.15) is 5.60 Å². The summed E-state index contributed by atoms with van der Waals surface area (Å²) in [5.41, 5.74) is 3.31. The topological polar surface area (TPSA) is 51.2 Å². The van der Waals surface area contributed by atoms with Crippen LogP contribution in [0.5, 0.6) is 0 Å². The number of amides is 1. The zero-order valence-electron chi connectivity index (χ0n) is 12.4. The molecule has 1 aromatic carbocycles. The maximum absolute atomic E-state index is 11.4. The first kappa shape index (κ1) is 15.3. The van der Waals surface area contributed by atoms with E-state index >= 15 is 0 Å². The molecule has 0 spiro atoms. The Kier molecular flexibility index (Phi) is 4.81. The highest BCUT2D eigenvalue weighted by molar-refractivity contribution is 7.16. The zero-order chi connectivity index (χ0) is 15.3. The van der Waals surface area contributed by atoms with E-state index in [1.807, 2.05) is 44.5 Å². The van der Waals surface area contributed by atoms with Crippen molar-refractivity contribution in [2.75, 3.05) is 6.54 Å². The highest BCUT2D eigenvalue weighted by Crippen LogP contribution is 2.18. The van der Waals surface area contributed by atoms with Gasteiger partial charge in [-0.15, -0.1) is 11.3 Å². The maximum atomic E-state index is 11.4. The van der Waals surface area contributed by atoms with Crippen LogP contribution in [0.1, 0.15) is 32.8 Å². The number of aromatic nitrogens is 1. The molecule has 0 atom stereocenters. The van der Waals surface area contributed by atoms with Gasteiger partial charge in [0, 0.05) is 18.5 Å². The summed E-state index contributed by atoms with van der Waals surface area (Å²) in [4.78, 5) is 15.6. The highest BCUT2D eigenvalue weighted by Gasteiger charge is 2.15. The summed E-state index contributed by atoms with van der Waals surface area (Å²) in [6.45, 7) is 5.98. The Bertz CT molecular complexity index is 689. The Morgan fingerprint density at radius 3 is 3.00 bits per heavy atom. The predicted octanol–water partition coefficient (Wildman–Crippen LogP) is 3.56. The Morgan fingerprint density at radius 2 is 2.24 bits per heavy atom. The third kappa shape index (κ3) is 5.09. The number of ether oxygens (including phenoxy) is 1. The lowest BCUT2D eigenvalue weighted by atomic mass is 10.2. The fourth-order valence-electron chi connectivity index (χ4n) is 1.64. The van der Waals surface area contributed by atoms with Gasteiger partial charge in [0.05, 0.1) is 15.7 Å². The van der Waals surface area contributed by atoms with Crippen LogP contribution in [-0.4, -0.2) is 23.2 Å². The maximum Gasteiger partial charge on any atom is 0.407 e. The molecule has 1 N–H and O–H groups in total. The van der Waals surface area contributed by atoms with Crippen LogP contribution in [-0.2, 0) is 4.74 Å². The fraction of sp³-hybridized carbons (Fsp3) is 0.375. The van der Waals surface area contributed by atoms with Crippen LogP contribution in [0.4, 0.5) is 4.79 Å². The number of carbonyl (C=O) groups is 1. The first-order valence-corrected chi connectivity index (χ1v) is 7.61. The van der Waals surface area contributed by atoms with Crippen LogP contribution in [0.25, 0.3) is 10.2 Å². The second-order valence-electron chi connectivity index (χ2n) is 5.52. The summed E-state index contributed by atoms with van der Waals surface area (Å²) >= 11 is 1.60. The van der Waals surface area contributed by atoms with Gasteiger partial charge in [-0.2, -0.15) is 0 Å². The minimum absolute atomic E-state index is 0.407. The van der Waals surface area contributed by atoms with Gasteiger partial charge in [0.15, 0.2) is 0 Å². The lowest BCUT2D eigenvalue weighted by Crippen LogP contribution is -2.32. The normalized spacial score (nSPS) is 10.8. The summed E-state index contributed by atoms with van der Waals surface area (Å²) in [5.74, 6) is 6.13. The summed E-state index contributed by atoms with van der Waals surface area (Å²) in [7, 11) is 0. The molecule has 0 aliphatic rings. The molecule has 110 valence electrons. The van der Waals surface area contributed by atoms with E-state index in [0.29, 0.717) is 13.0 Å². The molecule has 1 heterocycles. The highest BCUT2D eigenvalue weighted by atomic mass is 32.1. The van der Waals surface area contributed by atoms with E-state index < -0.39 is 11.7 Å². The molecule has 1 aromatic heterocycles. The molecule has 0 radical (unpaired) electrons. The Morgan fingerprint density at radius 1 is 1.43 bits per heavy atom. The van der Waals surface area contributed by atoms with Gasteiger partial charge in [0.2, 0.25) is 0 Å². The third-order valence-corrected chi connectivity index (χ3v) is 3.27. The minimum Gasteiger partial charge on any atom is -0.444 e. The second-order valence-corrected chi connectivity index (χ2v) is 6.40. The molecule has 0 saturated carbocycles. The van der Waals surface area contributed by atoms with Gasteiger partial charge in [-0.05, 0) is 39.0 Å². The lowest BCUT2D eigenvalue weighted by molar-refractivity contribution is 0.0529. The number of rotatable bonds is 2. The molecule has 0 aliphatic carbocycles. The van der Waals surface area contributed by atoms with Crippen molar-refractivity contribution in [1.82, 2.24) is 10.3 Å². The van der Waals surface area contributed by atoms with Crippen LogP contribution in [0.15, 0.2) is 23.7 Å². The fourth-order valence-corrected chi connectivity index (χ4v) is 2.35. The van der Waals surface area contributed by atoms with Gasteiger partial charge < -0.3 is 10.1 Å². The van der Waals surface area contributed by atoms with Crippen molar-refractivity contribution in [3.8, 4) is 11.8 Å². The molecule has 21 heavy (non-hydrogen) atoms. The molecule has 0 unspecified atom stereocenters. The van der Waals surface area contributed by atoms with E-state index in [0.717, 1.165) is 15.8 Å². The van der Waals surface area contributed by atoms with E-state index in [4.69, 9.17) is 4.74 Å². The Balaban J connectivity index is 1.80. The first-order chi connectivity index (χ1) is 9.94. The number of benzene rings is 1. The van der Waals surface area contributed by atoms with Crippen LogP contribution >= 0.6 is 11.3 Å². The number of hydrogen-bond donors (Lipinski definition) is 1. The number of hydrogen-bond acceptors (Lipinski definition) is 4. The molecule has 4 nitrogen and oxygen atoms in total. The average molecular weight is 302 g/mol. The number of carbonyl (C=O) groups excluding carboxylic acids is 1. The van der Waals surface area contributed by atoms with Gasteiger partial charge >= 0.3 is 6.09 Å². The molecular formula is C16H18N2O2S. The molecule has 0 bridgehead atoms. The summed E-state index contributed by atoms with van der Waals surface area (Å²) in [6.07, 6.45) is 0.176. The van der Waals surface area contributed by atoms with Crippen molar-refractivity contribution in [1.29, 1.82) is 0 Å². The van der Waals surface area contributed by atoms with E-state index in [-0.39, 0.29) is 0 Å². The van der Waals surface area contributed by atoms with Crippen molar-refractivity contribution in [3.63, 3.8) is 0 Å². The van der Waals surface area contributed by atoms with Crippen LogP contribution in [0, 0.1) is 11.8 Å². The lowest BCUT2D eigenvalue weighted by Gasteiger charge is -2.19. The number of thiazole rings is 1. The van der Waals surface area contributed by atoms with Crippen molar-refractivity contribution >= 4 is 27.6 Å². The van der Waals surface area contributed by atoms with Crippen LogP contribution in [0.2, 0.25) is 0 Å². The Hall–Kier alpha value is -2.06. The third-order valence-electron chi connectivity index (χ3n) is 2.48. The first-order valence-electron chi connectivity index (χ1n) is 6.73. The zero-order valence-corrected chi connectivity index (χ0v) is 13.2. The van der Waals surface area contributed by atoms with Gasteiger partial charge in [-0.1, -0.05) is 11.8 Å². The SMILES string of the molecule is CC(C)(C)OC(=O)NCCC#Cc1ccc2ncsc2c1. The molecular weight excluding hydrogens is 284 g/mol. The monoisotopic (exact) mass is 302 g/mol. The largest absolute Gasteiger partial charge is 0.444 e. The molecule has 2 rings (SSSR count). The van der Waals surface area contributed by atoms with Gasteiger partial charge in [-0.25, -0.2) is 9.78 Å². The van der Waals surface area contributed by atoms with E-state index in [9.17, 15) is 4.79 Å². The number of alkyl carbamates (subject to hydrolysis) is 1. The smallest absolute Gasteiger partial charge is 0.407 e. The summed E-state index contributed by atoms with van der Waals surface area (Å²) in [6, 6.07) is 5.95. The molecule has 0 aliphatic heterocycles. The van der Waals surface area contributed by atoms with Crippen molar-refractivity contribution < 1.29 is 9.53 Å². The summed E-state index contributed by atoms with van der Waals surface area (Å²) < 4.78 is 6.27. The van der Waals surface area contributed by atoms with Crippen molar-refractivity contribution in [2.24, 2.45) is 0 Å².